The van der Waals surface area contributed by atoms with E-state index in [0.29, 0.717) is 25.1 Å². The Morgan fingerprint density at radius 2 is 1.45 bits per heavy atom. The van der Waals surface area contributed by atoms with Gasteiger partial charge in [-0.25, -0.2) is 4.39 Å². The number of likely N-dealkylation sites (tertiary alicyclic amines) is 1. The van der Waals surface area contributed by atoms with Crippen molar-refractivity contribution in [1.29, 1.82) is 0 Å². The number of pyridine rings is 1. The van der Waals surface area contributed by atoms with Gasteiger partial charge < -0.3 is 15.1 Å². The van der Waals surface area contributed by atoms with Gasteiger partial charge in [-0.1, -0.05) is 61.7 Å². The molecule has 0 spiro atoms. The first-order chi connectivity index (χ1) is 24.0. The summed E-state index contributed by atoms with van der Waals surface area (Å²) in [5, 5.41) is 3.46. The topological polar surface area (TPSA) is 65.5 Å². The normalized spacial score (nSPS) is 15.7. The zero-order valence-corrected chi connectivity index (χ0v) is 28.5. The predicted molar refractivity (Wildman–Crippen MR) is 193 cm³/mol. The number of hydrogen-bond acceptors (Lipinski definition) is 4. The maximum atomic E-state index is 13.9. The van der Waals surface area contributed by atoms with Gasteiger partial charge in [-0.15, -0.1) is 0 Å². The number of rotatable bonds is 13. The molecule has 0 atom stereocenters. The third-order valence-corrected chi connectivity index (χ3v) is 10.3. The van der Waals surface area contributed by atoms with Gasteiger partial charge in [0.25, 0.3) is 5.91 Å². The van der Waals surface area contributed by atoms with Gasteiger partial charge in [0.15, 0.2) is 0 Å². The molecule has 0 bridgehead atoms. The van der Waals surface area contributed by atoms with Crippen LogP contribution in [0.4, 0.5) is 4.39 Å². The molecule has 1 aromatic heterocycles. The summed E-state index contributed by atoms with van der Waals surface area (Å²) in [6.45, 7) is 4.96. The van der Waals surface area contributed by atoms with E-state index in [1.54, 1.807) is 24.5 Å². The number of nitrogens with one attached hydrogen (secondary N) is 1. The van der Waals surface area contributed by atoms with Crippen molar-refractivity contribution in [2.75, 3.05) is 32.7 Å². The molecule has 2 aliphatic rings. The van der Waals surface area contributed by atoms with Gasteiger partial charge in [0.1, 0.15) is 5.82 Å². The molecule has 256 valence electrons. The highest BCUT2D eigenvalue weighted by Crippen LogP contribution is 2.28. The van der Waals surface area contributed by atoms with E-state index in [-0.39, 0.29) is 24.1 Å². The van der Waals surface area contributed by atoms with Crippen molar-refractivity contribution in [2.24, 2.45) is 11.8 Å². The molecule has 4 aromatic rings. The highest BCUT2D eigenvalue weighted by molar-refractivity contribution is 5.95. The second-order valence-corrected chi connectivity index (χ2v) is 13.9. The Morgan fingerprint density at radius 1 is 0.776 bits per heavy atom. The van der Waals surface area contributed by atoms with E-state index in [1.807, 2.05) is 58.3 Å². The standard InChI is InChI=1S/C42H49FN4O2/c43-40-12-3-7-35(28-40)29-41(48)47(26-19-34-15-22-45-23-16-34)31-36-8-2-9-37(27-36)38-10-4-11-39(30-38)42(49)46-24-17-33(18-25-46)6-1-5-32-13-20-44-21-14-32/h2-4,7-12,15-16,22-23,27-28,30,32-33,44H,1,5-6,13-14,17-21,24-26,29,31H2. The third-order valence-electron chi connectivity index (χ3n) is 10.3. The molecule has 0 aliphatic carbocycles. The number of carbonyl (C=O) groups is 2. The number of halogens is 1. The Hall–Kier alpha value is -4.36. The summed E-state index contributed by atoms with van der Waals surface area (Å²) in [6.07, 6.45) is 13.1. The van der Waals surface area contributed by atoms with Gasteiger partial charge in [0.2, 0.25) is 5.91 Å². The number of benzene rings is 3. The summed E-state index contributed by atoms with van der Waals surface area (Å²) in [4.78, 5) is 35.2. The van der Waals surface area contributed by atoms with Crippen LogP contribution < -0.4 is 5.32 Å². The number of nitrogens with zero attached hydrogens (tertiary/aromatic N) is 3. The predicted octanol–water partition coefficient (Wildman–Crippen LogP) is 7.72. The van der Waals surface area contributed by atoms with Crippen LogP contribution in [0.3, 0.4) is 0 Å². The van der Waals surface area contributed by atoms with E-state index in [9.17, 15) is 14.0 Å². The summed E-state index contributed by atoms with van der Waals surface area (Å²) >= 11 is 0. The van der Waals surface area contributed by atoms with Gasteiger partial charge in [0.05, 0.1) is 6.42 Å². The van der Waals surface area contributed by atoms with Gasteiger partial charge >= 0.3 is 0 Å². The van der Waals surface area contributed by atoms with Crippen LogP contribution in [0.1, 0.15) is 72.0 Å². The molecule has 6 rings (SSSR count). The van der Waals surface area contributed by atoms with E-state index in [1.165, 1.54) is 57.3 Å². The molecule has 2 aliphatic heterocycles. The molecule has 7 heteroatoms. The average molecular weight is 661 g/mol. The highest BCUT2D eigenvalue weighted by Gasteiger charge is 2.24. The van der Waals surface area contributed by atoms with Crippen molar-refractivity contribution in [2.45, 2.75) is 64.3 Å². The van der Waals surface area contributed by atoms with E-state index < -0.39 is 0 Å². The Kier molecular flexibility index (Phi) is 12.2. The Balaban J connectivity index is 1.08. The molecule has 2 saturated heterocycles. The first-order valence-corrected chi connectivity index (χ1v) is 18.1. The Labute approximate surface area is 290 Å². The minimum Gasteiger partial charge on any atom is -0.339 e. The maximum Gasteiger partial charge on any atom is 0.253 e. The van der Waals surface area contributed by atoms with Crippen LogP contribution in [0.2, 0.25) is 0 Å². The van der Waals surface area contributed by atoms with Gasteiger partial charge in [-0.05, 0) is 127 Å². The fourth-order valence-corrected chi connectivity index (χ4v) is 7.41. The Bertz CT molecular complexity index is 1660. The van der Waals surface area contributed by atoms with Crippen molar-refractivity contribution in [3.8, 4) is 11.1 Å². The number of piperidine rings is 2. The summed E-state index contributed by atoms with van der Waals surface area (Å²) in [5.41, 5.74) is 5.47. The largest absolute Gasteiger partial charge is 0.339 e. The fraction of sp³-hybridized carbons (Fsp3) is 0.405. The monoisotopic (exact) mass is 660 g/mol. The second kappa shape index (κ2) is 17.3. The lowest BCUT2D eigenvalue weighted by atomic mass is 9.87. The zero-order chi connectivity index (χ0) is 33.8. The van der Waals surface area contributed by atoms with Crippen molar-refractivity contribution >= 4 is 11.8 Å². The number of aromatic nitrogens is 1. The molecule has 3 heterocycles. The first-order valence-electron chi connectivity index (χ1n) is 18.1. The lowest BCUT2D eigenvalue weighted by molar-refractivity contribution is -0.131. The highest BCUT2D eigenvalue weighted by atomic mass is 19.1. The van der Waals surface area contributed by atoms with Crippen molar-refractivity contribution in [3.63, 3.8) is 0 Å². The summed E-state index contributed by atoms with van der Waals surface area (Å²) in [6, 6.07) is 26.3. The first kappa shape index (κ1) is 34.5. The van der Waals surface area contributed by atoms with Crippen LogP contribution in [0.15, 0.2) is 97.3 Å². The van der Waals surface area contributed by atoms with Crippen molar-refractivity contribution < 1.29 is 14.0 Å². The van der Waals surface area contributed by atoms with Crippen LogP contribution in [0, 0.1) is 17.7 Å². The molecule has 2 amide bonds. The molecule has 3 aromatic carbocycles. The maximum absolute atomic E-state index is 13.9. The van der Waals surface area contributed by atoms with Crippen LogP contribution in [-0.4, -0.2) is 59.3 Å². The summed E-state index contributed by atoms with van der Waals surface area (Å²) in [7, 11) is 0. The molecular formula is C42H49FN4O2. The molecule has 1 N–H and O–H groups in total. The molecule has 49 heavy (non-hydrogen) atoms. The van der Waals surface area contributed by atoms with Crippen molar-refractivity contribution in [1.82, 2.24) is 20.1 Å². The minimum absolute atomic E-state index is 0.0526. The molecule has 0 unspecified atom stereocenters. The minimum atomic E-state index is -0.343. The molecule has 0 radical (unpaired) electrons. The second-order valence-electron chi connectivity index (χ2n) is 13.9. The lowest BCUT2D eigenvalue weighted by Gasteiger charge is -2.32. The van der Waals surface area contributed by atoms with E-state index >= 15 is 0 Å². The molecule has 0 saturated carbocycles. The average Bonchev–Trinajstić information content (AvgIpc) is 3.14. The van der Waals surface area contributed by atoms with Gasteiger partial charge in [-0.3, -0.25) is 14.6 Å². The van der Waals surface area contributed by atoms with E-state index in [4.69, 9.17) is 0 Å². The van der Waals surface area contributed by atoms with Gasteiger partial charge in [-0.2, -0.15) is 0 Å². The zero-order valence-electron chi connectivity index (χ0n) is 28.5. The molecular weight excluding hydrogens is 611 g/mol. The number of hydrogen-bond donors (Lipinski definition) is 1. The quantitative estimate of drug-likeness (QED) is 0.160. The van der Waals surface area contributed by atoms with Gasteiger partial charge in [0, 0.05) is 44.1 Å². The lowest BCUT2D eigenvalue weighted by Crippen LogP contribution is -2.38. The SMILES string of the molecule is O=C(Cc1cccc(F)c1)N(CCc1ccncc1)Cc1cccc(-c2cccc(C(=O)N3CCC(CCCC4CCNCC4)CC3)c2)c1. The summed E-state index contributed by atoms with van der Waals surface area (Å²) in [5.74, 6) is 1.33. The van der Waals surface area contributed by atoms with Crippen LogP contribution in [0.5, 0.6) is 0 Å². The fourth-order valence-electron chi connectivity index (χ4n) is 7.41. The van der Waals surface area contributed by atoms with Crippen LogP contribution in [-0.2, 0) is 24.2 Å². The smallest absolute Gasteiger partial charge is 0.253 e. The van der Waals surface area contributed by atoms with E-state index in [2.05, 4.69) is 22.4 Å². The summed E-state index contributed by atoms with van der Waals surface area (Å²) < 4.78 is 13.9. The van der Waals surface area contributed by atoms with Crippen LogP contribution in [0.25, 0.3) is 11.1 Å². The molecule has 2 fully saturated rings. The number of carbonyl (C=O) groups excluding carboxylic acids is 2. The third kappa shape index (κ3) is 10.1. The van der Waals surface area contributed by atoms with Crippen molar-refractivity contribution in [3.05, 3.63) is 125 Å². The van der Waals surface area contributed by atoms with Crippen LogP contribution >= 0.6 is 0 Å². The molecule has 6 nitrogen and oxygen atoms in total. The Morgan fingerprint density at radius 3 is 2.20 bits per heavy atom. The van der Waals surface area contributed by atoms with E-state index in [0.717, 1.165) is 65.6 Å². The number of amides is 2.